The van der Waals surface area contributed by atoms with Gasteiger partial charge in [0.1, 0.15) is 6.61 Å². The van der Waals surface area contributed by atoms with E-state index in [0.29, 0.717) is 6.29 Å². The van der Waals surface area contributed by atoms with E-state index in [-0.39, 0.29) is 12.5 Å². The molecule has 10 heavy (non-hydrogen) atoms. The molecule has 1 aliphatic heterocycles. The van der Waals surface area contributed by atoms with Gasteiger partial charge < -0.3 is 9.84 Å². The van der Waals surface area contributed by atoms with E-state index in [9.17, 15) is 4.79 Å². The Labute approximate surface area is 57.1 Å². The van der Waals surface area contributed by atoms with Gasteiger partial charge in [-0.2, -0.15) is 0 Å². The predicted octanol–water partition coefficient (Wildman–Crippen LogP) is -1.04. The first-order valence-electron chi connectivity index (χ1n) is 2.68. The number of hydrogen-bond donors (Lipinski definition) is 1. The van der Waals surface area contributed by atoms with Crippen LogP contribution in [0.25, 0.3) is 0 Å². The Balaban J connectivity index is 2.62. The molecular weight excluding hydrogens is 136 g/mol. The fraction of sp³-hybridized carbons (Fsp3) is 0.400. The van der Waals surface area contributed by atoms with Crippen molar-refractivity contribution < 1.29 is 14.6 Å². The van der Waals surface area contributed by atoms with Gasteiger partial charge >= 0.3 is 0 Å². The Morgan fingerprint density at radius 3 is 3.30 bits per heavy atom. The first-order chi connectivity index (χ1) is 4.86. The average molecular weight is 142 g/mol. The summed E-state index contributed by atoms with van der Waals surface area (Å²) in [6, 6.07) is 0. The molecule has 0 fully saturated rings. The zero-order valence-electron chi connectivity index (χ0n) is 5.10. The number of aldehydes is 1. The normalized spacial score (nSPS) is 23.3. The van der Waals surface area contributed by atoms with Gasteiger partial charge in [0.25, 0.3) is 0 Å². The first kappa shape index (κ1) is 6.88. The van der Waals surface area contributed by atoms with Crippen LogP contribution in [0, 0.1) is 0 Å². The van der Waals surface area contributed by atoms with Gasteiger partial charge in [-0.1, -0.05) is 0 Å². The number of aliphatic hydroxyl groups excluding tert-OH is 1. The maximum atomic E-state index is 10.1. The molecule has 54 valence electrons. The van der Waals surface area contributed by atoms with E-state index in [2.05, 4.69) is 14.7 Å². The zero-order chi connectivity index (χ0) is 7.40. The van der Waals surface area contributed by atoms with Gasteiger partial charge in [0.2, 0.25) is 12.1 Å². The third-order valence-corrected chi connectivity index (χ3v) is 0.936. The van der Waals surface area contributed by atoms with Crippen LogP contribution in [0.5, 0.6) is 0 Å². The standard InChI is InChI=1S/C5H6N2O3/c8-1-4-6-3-10-5(2-9)7-4/h1,3-4,9H,2H2. The highest BCUT2D eigenvalue weighted by molar-refractivity contribution is 5.87. The van der Waals surface area contributed by atoms with Gasteiger partial charge in [-0.3, -0.25) is 4.79 Å². The van der Waals surface area contributed by atoms with E-state index in [1.54, 1.807) is 0 Å². The Kier molecular flexibility index (Phi) is 2.11. The molecule has 0 bridgehead atoms. The fourth-order valence-electron chi connectivity index (χ4n) is 0.509. The smallest absolute Gasteiger partial charge is 0.219 e. The van der Waals surface area contributed by atoms with E-state index < -0.39 is 6.17 Å². The van der Waals surface area contributed by atoms with Crippen LogP contribution in [0.15, 0.2) is 9.98 Å². The molecule has 1 N–H and O–H groups in total. The van der Waals surface area contributed by atoms with Crippen LogP contribution in [0.4, 0.5) is 0 Å². The Bertz CT molecular complexity index is 187. The topological polar surface area (TPSA) is 71.2 Å². The Hall–Kier alpha value is -1.23. The SMILES string of the molecule is O=CC1N=COC(CO)=N1. The molecule has 0 saturated carbocycles. The van der Waals surface area contributed by atoms with Crippen LogP contribution in [-0.2, 0) is 9.53 Å². The summed E-state index contributed by atoms with van der Waals surface area (Å²) in [6.07, 6.45) is 0.919. The van der Waals surface area contributed by atoms with Crippen LogP contribution >= 0.6 is 0 Å². The summed E-state index contributed by atoms with van der Waals surface area (Å²) in [5.41, 5.74) is 0. The molecule has 0 aromatic carbocycles. The molecule has 1 atom stereocenters. The van der Waals surface area contributed by atoms with Crippen molar-refractivity contribution in [1.82, 2.24) is 0 Å². The van der Waals surface area contributed by atoms with E-state index in [1.165, 1.54) is 0 Å². The molecule has 0 radical (unpaired) electrons. The van der Waals surface area contributed by atoms with Crippen molar-refractivity contribution >= 4 is 18.6 Å². The van der Waals surface area contributed by atoms with Crippen molar-refractivity contribution in [2.75, 3.05) is 6.61 Å². The lowest BCUT2D eigenvalue weighted by molar-refractivity contribution is -0.108. The third kappa shape index (κ3) is 1.38. The van der Waals surface area contributed by atoms with Crippen LogP contribution < -0.4 is 0 Å². The molecule has 0 aromatic heterocycles. The number of ether oxygens (including phenoxy) is 1. The average Bonchev–Trinajstić information content (AvgIpc) is 2.05. The molecule has 1 aliphatic rings. The molecule has 1 unspecified atom stereocenters. The van der Waals surface area contributed by atoms with E-state index in [1.807, 2.05) is 0 Å². The van der Waals surface area contributed by atoms with Crippen molar-refractivity contribution in [2.24, 2.45) is 9.98 Å². The molecule has 0 spiro atoms. The summed E-state index contributed by atoms with van der Waals surface area (Å²) in [5, 5.41) is 8.47. The molecule has 1 heterocycles. The number of nitrogens with zero attached hydrogens (tertiary/aromatic N) is 2. The minimum absolute atomic E-state index is 0.118. The summed E-state index contributed by atoms with van der Waals surface area (Å²) in [4.78, 5) is 17.2. The highest BCUT2D eigenvalue weighted by Gasteiger charge is 2.08. The monoisotopic (exact) mass is 142 g/mol. The molecule has 5 nitrogen and oxygen atoms in total. The van der Waals surface area contributed by atoms with Gasteiger partial charge in [0, 0.05) is 0 Å². The molecule has 0 amide bonds. The maximum Gasteiger partial charge on any atom is 0.219 e. The molecule has 1 rings (SSSR count). The van der Waals surface area contributed by atoms with Crippen LogP contribution in [-0.4, -0.2) is 36.5 Å². The van der Waals surface area contributed by atoms with E-state index in [4.69, 9.17) is 5.11 Å². The molecule has 5 heteroatoms. The number of aliphatic imine (C=N–C) groups is 2. The third-order valence-electron chi connectivity index (χ3n) is 0.936. The quantitative estimate of drug-likeness (QED) is 0.500. The van der Waals surface area contributed by atoms with Gasteiger partial charge in [-0.05, 0) is 0 Å². The number of carbonyl (C=O) groups excluding carboxylic acids is 1. The Morgan fingerprint density at radius 1 is 1.90 bits per heavy atom. The molecular formula is C5H6N2O3. The number of rotatable bonds is 2. The number of aliphatic hydroxyl groups is 1. The van der Waals surface area contributed by atoms with Gasteiger partial charge in [0.15, 0.2) is 12.7 Å². The fourth-order valence-corrected chi connectivity index (χ4v) is 0.509. The van der Waals surface area contributed by atoms with Gasteiger partial charge in [-0.25, -0.2) is 9.98 Å². The predicted molar refractivity (Wildman–Crippen MR) is 33.9 cm³/mol. The van der Waals surface area contributed by atoms with Gasteiger partial charge in [-0.15, -0.1) is 0 Å². The van der Waals surface area contributed by atoms with Crippen molar-refractivity contribution in [3.63, 3.8) is 0 Å². The second-order valence-corrected chi connectivity index (χ2v) is 1.60. The highest BCUT2D eigenvalue weighted by atomic mass is 16.5. The lowest BCUT2D eigenvalue weighted by Gasteiger charge is -2.07. The zero-order valence-corrected chi connectivity index (χ0v) is 5.10. The Morgan fingerprint density at radius 2 is 2.70 bits per heavy atom. The van der Waals surface area contributed by atoms with Crippen molar-refractivity contribution in [3.05, 3.63) is 0 Å². The second kappa shape index (κ2) is 3.07. The summed E-state index contributed by atoms with van der Waals surface area (Å²) < 4.78 is 4.61. The second-order valence-electron chi connectivity index (χ2n) is 1.60. The van der Waals surface area contributed by atoms with Crippen molar-refractivity contribution in [3.8, 4) is 0 Å². The number of carbonyl (C=O) groups is 1. The maximum absolute atomic E-state index is 10.1. The van der Waals surface area contributed by atoms with Crippen LogP contribution in [0.2, 0.25) is 0 Å². The van der Waals surface area contributed by atoms with Crippen molar-refractivity contribution in [2.45, 2.75) is 6.17 Å². The molecule has 0 aromatic rings. The van der Waals surface area contributed by atoms with Crippen molar-refractivity contribution in [1.29, 1.82) is 0 Å². The molecule has 0 aliphatic carbocycles. The lowest BCUT2D eigenvalue weighted by atomic mass is 10.5. The lowest BCUT2D eigenvalue weighted by Crippen LogP contribution is -2.19. The summed E-state index contributed by atoms with van der Waals surface area (Å²) in [6.45, 7) is -0.309. The minimum Gasteiger partial charge on any atom is -0.429 e. The summed E-state index contributed by atoms with van der Waals surface area (Å²) in [5.74, 6) is 0.118. The van der Waals surface area contributed by atoms with E-state index in [0.717, 1.165) is 6.40 Å². The van der Waals surface area contributed by atoms with E-state index >= 15 is 0 Å². The minimum atomic E-state index is -0.740. The van der Waals surface area contributed by atoms with Gasteiger partial charge in [0.05, 0.1) is 0 Å². The number of hydrogen-bond acceptors (Lipinski definition) is 5. The largest absolute Gasteiger partial charge is 0.429 e. The first-order valence-corrected chi connectivity index (χ1v) is 2.68. The summed E-state index contributed by atoms with van der Waals surface area (Å²) in [7, 11) is 0. The van der Waals surface area contributed by atoms with Crippen LogP contribution in [0.3, 0.4) is 0 Å². The summed E-state index contributed by atoms with van der Waals surface area (Å²) >= 11 is 0. The van der Waals surface area contributed by atoms with Crippen LogP contribution in [0.1, 0.15) is 0 Å². The highest BCUT2D eigenvalue weighted by Crippen LogP contribution is 1.96. The molecule has 0 saturated heterocycles.